The first kappa shape index (κ1) is 17.4. The summed E-state index contributed by atoms with van der Waals surface area (Å²) in [4.78, 5) is 13.6. The second-order valence-corrected chi connectivity index (χ2v) is 8.44. The summed E-state index contributed by atoms with van der Waals surface area (Å²) < 4.78 is 28.3. The van der Waals surface area contributed by atoms with E-state index in [-0.39, 0.29) is 16.8 Å². The van der Waals surface area contributed by atoms with E-state index in [1.165, 1.54) is 6.92 Å². The molecule has 0 radical (unpaired) electrons. The number of amides is 1. The summed E-state index contributed by atoms with van der Waals surface area (Å²) in [6, 6.07) is 4.95. The summed E-state index contributed by atoms with van der Waals surface area (Å²) in [5.41, 5.74) is 1.74. The standard InChI is InChI=1S/C17H25N3O3S/c1-12(15-4-3-8-18-11-15)19-24(22,23)16-6-5-14-7-9-20(13(2)21)17(14)10-16/h5-6,10,12,15,18-19H,3-4,7-9,11H2,1-2H3. The lowest BCUT2D eigenvalue weighted by Crippen LogP contribution is -2.44. The molecule has 2 aliphatic heterocycles. The van der Waals surface area contributed by atoms with Crippen LogP contribution in [0.4, 0.5) is 5.69 Å². The van der Waals surface area contributed by atoms with Gasteiger partial charge in [-0.05, 0) is 62.9 Å². The Morgan fingerprint density at radius 1 is 1.42 bits per heavy atom. The molecule has 2 N–H and O–H groups in total. The van der Waals surface area contributed by atoms with Gasteiger partial charge in [0.1, 0.15) is 0 Å². The zero-order valence-corrected chi connectivity index (χ0v) is 15.0. The minimum absolute atomic E-state index is 0.0575. The van der Waals surface area contributed by atoms with Gasteiger partial charge in [-0.15, -0.1) is 0 Å². The molecule has 3 rings (SSSR count). The molecule has 0 aliphatic carbocycles. The summed E-state index contributed by atoms with van der Waals surface area (Å²) in [5.74, 6) is 0.245. The van der Waals surface area contributed by atoms with Gasteiger partial charge in [0.05, 0.1) is 4.90 Å². The highest BCUT2D eigenvalue weighted by atomic mass is 32.2. The molecule has 1 fully saturated rings. The number of nitrogens with one attached hydrogen (secondary N) is 2. The summed E-state index contributed by atoms with van der Waals surface area (Å²) in [7, 11) is -3.60. The number of hydrogen-bond donors (Lipinski definition) is 2. The van der Waals surface area contributed by atoms with Gasteiger partial charge in [-0.2, -0.15) is 0 Å². The van der Waals surface area contributed by atoms with Crippen molar-refractivity contribution in [3.63, 3.8) is 0 Å². The molecule has 0 spiro atoms. The third-order valence-corrected chi connectivity index (χ3v) is 6.58. The first-order valence-electron chi connectivity index (χ1n) is 8.52. The SMILES string of the molecule is CC(=O)N1CCc2ccc(S(=O)(=O)NC(C)C3CCCNC3)cc21. The monoisotopic (exact) mass is 351 g/mol. The highest BCUT2D eigenvalue weighted by Crippen LogP contribution is 2.30. The smallest absolute Gasteiger partial charge is 0.240 e. The van der Waals surface area contributed by atoms with Crippen molar-refractivity contribution in [3.8, 4) is 0 Å². The molecule has 1 saturated heterocycles. The van der Waals surface area contributed by atoms with E-state index in [4.69, 9.17) is 0 Å². The Labute approximate surface area is 143 Å². The number of anilines is 1. The Bertz CT molecular complexity index is 727. The van der Waals surface area contributed by atoms with Crippen molar-refractivity contribution < 1.29 is 13.2 Å². The maximum Gasteiger partial charge on any atom is 0.240 e. The Morgan fingerprint density at radius 2 is 2.21 bits per heavy atom. The summed E-state index contributed by atoms with van der Waals surface area (Å²) in [6.45, 7) is 5.89. The van der Waals surface area contributed by atoms with E-state index < -0.39 is 10.0 Å². The van der Waals surface area contributed by atoms with Gasteiger partial charge in [-0.25, -0.2) is 13.1 Å². The van der Waals surface area contributed by atoms with E-state index in [9.17, 15) is 13.2 Å². The topological polar surface area (TPSA) is 78.5 Å². The minimum atomic E-state index is -3.60. The number of piperidine rings is 1. The van der Waals surface area contributed by atoms with Crippen LogP contribution in [-0.2, 0) is 21.2 Å². The van der Waals surface area contributed by atoms with Crippen LogP contribution in [0.5, 0.6) is 0 Å². The average molecular weight is 351 g/mol. The number of carbonyl (C=O) groups excluding carboxylic acids is 1. The third-order valence-electron chi connectivity index (χ3n) is 5.03. The molecule has 2 heterocycles. The van der Waals surface area contributed by atoms with Gasteiger partial charge < -0.3 is 10.2 Å². The van der Waals surface area contributed by atoms with E-state index >= 15 is 0 Å². The Hall–Kier alpha value is -1.44. The van der Waals surface area contributed by atoms with Gasteiger partial charge >= 0.3 is 0 Å². The average Bonchev–Trinajstić information content (AvgIpc) is 2.98. The summed E-state index contributed by atoms with van der Waals surface area (Å²) >= 11 is 0. The summed E-state index contributed by atoms with van der Waals surface area (Å²) in [5, 5.41) is 3.31. The molecule has 1 amide bonds. The van der Waals surface area contributed by atoms with Crippen LogP contribution in [0.3, 0.4) is 0 Å². The molecular formula is C17H25N3O3S. The van der Waals surface area contributed by atoms with Crippen molar-refractivity contribution in [3.05, 3.63) is 23.8 Å². The van der Waals surface area contributed by atoms with Crippen LogP contribution in [0.2, 0.25) is 0 Å². The van der Waals surface area contributed by atoms with Gasteiger partial charge in [0.15, 0.2) is 0 Å². The lowest BCUT2D eigenvalue weighted by Gasteiger charge is -2.28. The molecule has 24 heavy (non-hydrogen) atoms. The van der Waals surface area contributed by atoms with Gasteiger partial charge in [0.2, 0.25) is 15.9 Å². The van der Waals surface area contributed by atoms with Crippen molar-refractivity contribution in [2.75, 3.05) is 24.5 Å². The molecule has 2 aliphatic rings. The van der Waals surface area contributed by atoms with E-state index in [0.717, 1.165) is 43.6 Å². The number of sulfonamides is 1. The van der Waals surface area contributed by atoms with Crippen LogP contribution in [0.25, 0.3) is 0 Å². The number of carbonyl (C=O) groups is 1. The van der Waals surface area contributed by atoms with Crippen LogP contribution in [0, 0.1) is 5.92 Å². The van der Waals surface area contributed by atoms with Crippen LogP contribution in [-0.4, -0.2) is 40.0 Å². The Balaban J connectivity index is 1.80. The lowest BCUT2D eigenvalue weighted by molar-refractivity contribution is -0.116. The van der Waals surface area contributed by atoms with Crippen molar-refractivity contribution in [2.24, 2.45) is 5.92 Å². The Kier molecular flexibility index (Phi) is 4.94. The molecule has 7 heteroatoms. The first-order chi connectivity index (χ1) is 11.4. The van der Waals surface area contributed by atoms with Gasteiger partial charge in [0.25, 0.3) is 0 Å². The van der Waals surface area contributed by atoms with E-state index in [1.807, 2.05) is 13.0 Å². The molecule has 6 nitrogen and oxygen atoms in total. The number of nitrogens with zero attached hydrogens (tertiary/aromatic N) is 1. The molecule has 0 bridgehead atoms. The quantitative estimate of drug-likeness (QED) is 0.856. The van der Waals surface area contributed by atoms with Crippen LogP contribution < -0.4 is 14.9 Å². The molecule has 0 saturated carbocycles. The molecule has 1 aromatic carbocycles. The van der Waals surface area contributed by atoms with E-state index in [0.29, 0.717) is 12.5 Å². The largest absolute Gasteiger partial charge is 0.316 e. The highest BCUT2D eigenvalue weighted by molar-refractivity contribution is 7.89. The predicted molar refractivity (Wildman–Crippen MR) is 93.6 cm³/mol. The molecule has 132 valence electrons. The van der Waals surface area contributed by atoms with E-state index in [2.05, 4.69) is 10.0 Å². The number of benzene rings is 1. The minimum Gasteiger partial charge on any atom is -0.316 e. The first-order valence-corrected chi connectivity index (χ1v) is 10.0. The molecule has 0 aromatic heterocycles. The summed E-state index contributed by atoms with van der Waals surface area (Å²) in [6.07, 6.45) is 2.87. The zero-order chi connectivity index (χ0) is 17.3. The number of rotatable bonds is 4. The normalized spacial score (nSPS) is 22.2. The van der Waals surface area contributed by atoms with Crippen molar-refractivity contribution >= 4 is 21.6 Å². The predicted octanol–water partition coefficient (Wildman–Crippen LogP) is 1.26. The fraction of sp³-hybridized carbons (Fsp3) is 0.588. The molecular weight excluding hydrogens is 326 g/mol. The fourth-order valence-corrected chi connectivity index (χ4v) is 4.90. The van der Waals surface area contributed by atoms with E-state index in [1.54, 1.807) is 17.0 Å². The maximum atomic E-state index is 12.7. The van der Waals surface area contributed by atoms with Crippen LogP contribution in [0.15, 0.2) is 23.1 Å². The zero-order valence-electron chi connectivity index (χ0n) is 14.2. The Morgan fingerprint density at radius 3 is 2.88 bits per heavy atom. The van der Waals surface area contributed by atoms with Gasteiger partial charge in [-0.1, -0.05) is 6.07 Å². The molecule has 1 aromatic rings. The van der Waals surface area contributed by atoms with Crippen LogP contribution >= 0.6 is 0 Å². The second-order valence-electron chi connectivity index (χ2n) is 6.73. The maximum absolute atomic E-state index is 12.7. The van der Waals surface area contributed by atoms with Crippen molar-refractivity contribution in [1.82, 2.24) is 10.0 Å². The fourth-order valence-electron chi connectivity index (χ4n) is 3.57. The van der Waals surface area contributed by atoms with Gasteiger partial charge in [-0.3, -0.25) is 4.79 Å². The highest BCUT2D eigenvalue weighted by Gasteiger charge is 2.28. The number of hydrogen-bond acceptors (Lipinski definition) is 4. The van der Waals surface area contributed by atoms with Crippen molar-refractivity contribution in [2.45, 2.75) is 44.0 Å². The molecule has 2 unspecified atom stereocenters. The third kappa shape index (κ3) is 3.48. The van der Waals surface area contributed by atoms with Gasteiger partial charge in [0, 0.05) is 25.2 Å². The second kappa shape index (κ2) is 6.82. The number of fused-ring (bicyclic) bond motifs is 1. The lowest BCUT2D eigenvalue weighted by atomic mass is 9.94. The van der Waals surface area contributed by atoms with Crippen molar-refractivity contribution in [1.29, 1.82) is 0 Å². The van der Waals surface area contributed by atoms with Crippen LogP contribution in [0.1, 0.15) is 32.3 Å². The molecule has 2 atom stereocenters.